The van der Waals surface area contributed by atoms with Gasteiger partial charge in [0.15, 0.2) is 0 Å². The number of thiazole rings is 1. The Bertz CT molecular complexity index is 526. The van der Waals surface area contributed by atoms with Crippen LogP contribution in [0.5, 0.6) is 0 Å². The molecule has 5 nitrogen and oxygen atoms in total. The molecular weight excluding hydrogens is 270 g/mol. The summed E-state index contributed by atoms with van der Waals surface area (Å²) in [7, 11) is 0. The molecule has 0 bridgehead atoms. The lowest BCUT2D eigenvalue weighted by molar-refractivity contribution is 0.790. The smallest absolute Gasteiger partial charge is 0.134 e. The van der Waals surface area contributed by atoms with Crippen molar-refractivity contribution in [2.75, 3.05) is 23.7 Å². The van der Waals surface area contributed by atoms with Crippen molar-refractivity contribution < 1.29 is 0 Å². The van der Waals surface area contributed by atoms with Crippen molar-refractivity contribution in [1.29, 1.82) is 0 Å². The second-order valence-electron chi connectivity index (χ2n) is 4.77. The van der Waals surface area contributed by atoms with Crippen LogP contribution in [0.25, 0.3) is 0 Å². The number of hydrogen-bond acceptors (Lipinski definition) is 6. The average molecular weight is 291 g/mol. The monoisotopic (exact) mass is 291 g/mol. The van der Waals surface area contributed by atoms with Crippen molar-refractivity contribution in [3.05, 3.63) is 28.5 Å². The van der Waals surface area contributed by atoms with E-state index in [1.165, 1.54) is 0 Å². The minimum Gasteiger partial charge on any atom is -0.370 e. The van der Waals surface area contributed by atoms with Gasteiger partial charge in [0.2, 0.25) is 0 Å². The fourth-order valence-electron chi connectivity index (χ4n) is 1.86. The first-order valence-corrected chi connectivity index (χ1v) is 7.79. The zero-order valence-corrected chi connectivity index (χ0v) is 13.0. The fourth-order valence-corrected chi connectivity index (χ4v) is 2.56. The molecule has 2 N–H and O–H groups in total. The molecule has 2 heterocycles. The summed E-state index contributed by atoms with van der Waals surface area (Å²) >= 11 is 1.69. The van der Waals surface area contributed by atoms with E-state index in [0.717, 1.165) is 41.7 Å². The summed E-state index contributed by atoms with van der Waals surface area (Å²) in [6.07, 6.45) is 4.52. The van der Waals surface area contributed by atoms with Crippen LogP contribution in [0.4, 0.5) is 11.6 Å². The minimum atomic E-state index is 0.372. The molecule has 1 atom stereocenters. The molecular formula is C14H21N5S. The maximum Gasteiger partial charge on any atom is 0.134 e. The van der Waals surface area contributed by atoms with E-state index in [1.807, 2.05) is 18.5 Å². The molecule has 0 spiro atoms. The molecule has 20 heavy (non-hydrogen) atoms. The van der Waals surface area contributed by atoms with Gasteiger partial charge >= 0.3 is 0 Å². The van der Waals surface area contributed by atoms with E-state index in [0.29, 0.717) is 5.92 Å². The van der Waals surface area contributed by atoms with Gasteiger partial charge in [0.25, 0.3) is 0 Å². The molecule has 0 aliphatic carbocycles. The van der Waals surface area contributed by atoms with Crippen LogP contribution in [0.15, 0.2) is 17.9 Å². The molecule has 1 unspecified atom stereocenters. The molecule has 0 aromatic carbocycles. The first-order chi connectivity index (χ1) is 9.72. The Labute approximate surface area is 123 Å². The molecule has 2 aromatic heterocycles. The van der Waals surface area contributed by atoms with Crippen LogP contribution in [0.1, 0.15) is 36.8 Å². The predicted octanol–water partition coefficient (Wildman–Crippen LogP) is 3.28. The molecule has 2 rings (SSSR count). The highest BCUT2D eigenvalue weighted by Crippen LogP contribution is 2.21. The fraction of sp³-hybridized carbons (Fsp3) is 0.500. The van der Waals surface area contributed by atoms with Crippen LogP contribution in [0.3, 0.4) is 0 Å². The lowest BCUT2D eigenvalue weighted by atomic mass is 10.2. The van der Waals surface area contributed by atoms with Gasteiger partial charge in [-0.25, -0.2) is 15.0 Å². The quantitative estimate of drug-likeness (QED) is 0.819. The summed E-state index contributed by atoms with van der Waals surface area (Å²) in [5, 5.41) is 9.87. The average Bonchev–Trinajstić information content (AvgIpc) is 2.99. The Morgan fingerprint density at radius 3 is 2.60 bits per heavy atom. The van der Waals surface area contributed by atoms with E-state index in [1.54, 1.807) is 17.7 Å². The predicted molar refractivity (Wildman–Crippen MR) is 84.6 cm³/mol. The van der Waals surface area contributed by atoms with Crippen LogP contribution >= 0.6 is 11.3 Å². The molecule has 2 aromatic rings. The second-order valence-corrected chi connectivity index (χ2v) is 5.70. The summed E-state index contributed by atoms with van der Waals surface area (Å²) in [5.41, 5.74) is 1.06. The number of aromatic nitrogens is 3. The van der Waals surface area contributed by atoms with Gasteiger partial charge in [-0.15, -0.1) is 11.3 Å². The van der Waals surface area contributed by atoms with E-state index in [9.17, 15) is 0 Å². The van der Waals surface area contributed by atoms with Crippen molar-refractivity contribution in [1.82, 2.24) is 15.0 Å². The third-order valence-corrected chi connectivity index (χ3v) is 4.08. The zero-order chi connectivity index (χ0) is 14.4. The normalized spacial score (nSPS) is 12.2. The molecule has 108 valence electrons. The van der Waals surface area contributed by atoms with Gasteiger partial charge in [0.1, 0.15) is 18.0 Å². The SMILES string of the molecule is CCCNc1ncnc(NCC(C)c2nccs2)c1C. The van der Waals surface area contributed by atoms with Gasteiger partial charge in [0, 0.05) is 36.1 Å². The minimum absolute atomic E-state index is 0.372. The third-order valence-electron chi connectivity index (χ3n) is 3.08. The zero-order valence-electron chi connectivity index (χ0n) is 12.2. The van der Waals surface area contributed by atoms with E-state index in [-0.39, 0.29) is 0 Å². The summed E-state index contributed by atoms with van der Waals surface area (Å²) in [6.45, 7) is 8.08. The van der Waals surface area contributed by atoms with Crippen LogP contribution < -0.4 is 10.6 Å². The summed E-state index contributed by atoms with van der Waals surface area (Å²) in [5.74, 6) is 2.17. The first kappa shape index (κ1) is 14.7. The van der Waals surface area contributed by atoms with Crippen molar-refractivity contribution in [3.63, 3.8) is 0 Å². The highest BCUT2D eigenvalue weighted by atomic mass is 32.1. The lowest BCUT2D eigenvalue weighted by Gasteiger charge is -2.14. The summed E-state index contributed by atoms with van der Waals surface area (Å²) in [6, 6.07) is 0. The number of nitrogens with one attached hydrogen (secondary N) is 2. The maximum atomic E-state index is 4.34. The van der Waals surface area contributed by atoms with Gasteiger partial charge in [-0.3, -0.25) is 0 Å². The van der Waals surface area contributed by atoms with E-state index in [2.05, 4.69) is 39.4 Å². The van der Waals surface area contributed by atoms with Gasteiger partial charge in [-0.1, -0.05) is 13.8 Å². The number of nitrogens with zero attached hydrogens (tertiary/aromatic N) is 3. The van der Waals surface area contributed by atoms with Gasteiger partial charge in [0.05, 0.1) is 5.01 Å². The maximum absolute atomic E-state index is 4.34. The Hall–Kier alpha value is -1.69. The lowest BCUT2D eigenvalue weighted by Crippen LogP contribution is -2.13. The number of hydrogen-bond donors (Lipinski definition) is 2. The Balaban J connectivity index is 1.99. The van der Waals surface area contributed by atoms with E-state index in [4.69, 9.17) is 0 Å². The number of rotatable bonds is 7. The van der Waals surface area contributed by atoms with Crippen LogP contribution in [-0.2, 0) is 0 Å². The molecule has 0 aliphatic rings. The molecule has 0 saturated heterocycles. The Morgan fingerprint density at radius 1 is 1.20 bits per heavy atom. The van der Waals surface area contributed by atoms with Crippen molar-refractivity contribution >= 4 is 23.0 Å². The van der Waals surface area contributed by atoms with Crippen molar-refractivity contribution in [2.45, 2.75) is 33.1 Å². The molecule has 6 heteroatoms. The Kier molecular flexibility index (Phi) is 5.29. The number of anilines is 2. The van der Waals surface area contributed by atoms with Crippen molar-refractivity contribution in [3.8, 4) is 0 Å². The molecule has 0 radical (unpaired) electrons. The molecule has 0 fully saturated rings. The highest BCUT2D eigenvalue weighted by molar-refractivity contribution is 7.09. The largest absolute Gasteiger partial charge is 0.370 e. The topological polar surface area (TPSA) is 62.7 Å². The van der Waals surface area contributed by atoms with Crippen LogP contribution in [0.2, 0.25) is 0 Å². The molecule has 0 amide bonds. The summed E-state index contributed by atoms with van der Waals surface area (Å²) < 4.78 is 0. The van der Waals surface area contributed by atoms with Gasteiger partial charge in [-0.05, 0) is 13.3 Å². The third kappa shape index (κ3) is 3.66. The first-order valence-electron chi connectivity index (χ1n) is 6.91. The van der Waals surface area contributed by atoms with Gasteiger partial charge in [-0.2, -0.15) is 0 Å². The van der Waals surface area contributed by atoms with E-state index >= 15 is 0 Å². The molecule has 0 aliphatic heterocycles. The standard InChI is InChI=1S/C14H21N5S/c1-4-5-15-12-11(3)13(19-9-18-12)17-8-10(2)14-16-6-7-20-14/h6-7,9-10H,4-5,8H2,1-3H3,(H2,15,17,18,19). The summed E-state index contributed by atoms with van der Waals surface area (Å²) in [4.78, 5) is 12.9. The van der Waals surface area contributed by atoms with Crippen LogP contribution in [-0.4, -0.2) is 28.0 Å². The second kappa shape index (κ2) is 7.19. The van der Waals surface area contributed by atoms with E-state index < -0.39 is 0 Å². The molecule has 0 saturated carbocycles. The van der Waals surface area contributed by atoms with Crippen LogP contribution in [0, 0.1) is 6.92 Å². The van der Waals surface area contributed by atoms with Gasteiger partial charge < -0.3 is 10.6 Å². The highest BCUT2D eigenvalue weighted by Gasteiger charge is 2.10. The van der Waals surface area contributed by atoms with Crippen molar-refractivity contribution in [2.24, 2.45) is 0 Å². The Morgan fingerprint density at radius 2 is 1.95 bits per heavy atom.